The summed E-state index contributed by atoms with van der Waals surface area (Å²) in [5, 5.41) is 13.7. The van der Waals surface area contributed by atoms with Crippen molar-refractivity contribution in [1.82, 2.24) is 10.2 Å². The molecule has 1 aromatic rings. The summed E-state index contributed by atoms with van der Waals surface area (Å²) in [4.78, 5) is 37.7. The molecule has 28 heavy (non-hydrogen) atoms. The van der Waals surface area contributed by atoms with Crippen molar-refractivity contribution >= 4 is 29.3 Å². The first-order valence-corrected chi connectivity index (χ1v) is 10.9. The van der Waals surface area contributed by atoms with Crippen LogP contribution in [-0.4, -0.2) is 47.0 Å². The van der Waals surface area contributed by atoms with E-state index in [1.165, 1.54) is 36.7 Å². The minimum absolute atomic E-state index is 0.00352. The van der Waals surface area contributed by atoms with Gasteiger partial charge in [0.05, 0.1) is 16.6 Å². The minimum Gasteiger partial charge on any atom is -0.356 e. The molecule has 1 fully saturated rings. The topological polar surface area (TPSA) is 92.6 Å². The number of piperidine rings is 1. The third kappa shape index (κ3) is 7.14. The zero-order valence-electron chi connectivity index (χ0n) is 16.4. The first-order valence-electron chi connectivity index (χ1n) is 9.94. The Kier molecular flexibility index (Phi) is 9.27. The van der Waals surface area contributed by atoms with Gasteiger partial charge in [0.2, 0.25) is 11.8 Å². The number of carbonyl (C=O) groups is 2. The van der Waals surface area contributed by atoms with E-state index in [0.29, 0.717) is 19.6 Å². The van der Waals surface area contributed by atoms with Gasteiger partial charge >= 0.3 is 0 Å². The summed E-state index contributed by atoms with van der Waals surface area (Å²) in [6.07, 6.45) is 6.15. The van der Waals surface area contributed by atoms with Crippen LogP contribution in [0.4, 0.5) is 5.69 Å². The molecule has 1 N–H and O–H groups in total. The highest BCUT2D eigenvalue weighted by molar-refractivity contribution is 8.00. The lowest BCUT2D eigenvalue weighted by molar-refractivity contribution is -0.384. The number of nitro benzene ring substituents is 1. The van der Waals surface area contributed by atoms with E-state index in [2.05, 4.69) is 12.2 Å². The van der Waals surface area contributed by atoms with Crippen LogP contribution in [0.1, 0.15) is 45.4 Å². The number of hydrogen-bond donors (Lipinski definition) is 1. The number of unbranched alkanes of at least 4 members (excludes halogenated alkanes) is 3. The maximum Gasteiger partial charge on any atom is 0.269 e. The number of nitrogens with one attached hydrogen (secondary N) is 1. The Morgan fingerprint density at radius 2 is 2.00 bits per heavy atom. The number of rotatable bonds is 10. The van der Waals surface area contributed by atoms with Gasteiger partial charge in [0, 0.05) is 36.7 Å². The van der Waals surface area contributed by atoms with Crippen LogP contribution in [0.15, 0.2) is 29.2 Å². The average Bonchev–Trinajstić information content (AvgIpc) is 2.72. The molecule has 0 aromatic heterocycles. The molecule has 154 valence electrons. The molecule has 1 atom stereocenters. The van der Waals surface area contributed by atoms with Crippen molar-refractivity contribution in [3.8, 4) is 0 Å². The Labute approximate surface area is 170 Å². The number of nitro groups is 1. The fraction of sp³-hybridized carbons (Fsp3) is 0.600. The number of nitrogens with zero attached hydrogens (tertiary/aromatic N) is 2. The van der Waals surface area contributed by atoms with E-state index in [1.54, 1.807) is 17.0 Å². The Hall–Kier alpha value is -2.09. The van der Waals surface area contributed by atoms with Gasteiger partial charge in [-0.05, 0) is 31.4 Å². The number of benzene rings is 1. The highest BCUT2D eigenvalue weighted by Crippen LogP contribution is 2.23. The predicted molar refractivity (Wildman–Crippen MR) is 110 cm³/mol. The highest BCUT2D eigenvalue weighted by atomic mass is 32.2. The SMILES string of the molecule is CCCCCCNC(=O)C1CCCN(C(=O)CSc2ccc([N+](=O)[O-])cc2)C1. The quantitative estimate of drug-likeness (QED) is 0.277. The van der Waals surface area contributed by atoms with Gasteiger partial charge < -0.3 is 10.2 Å². The van der Waals surface area contributed by atoms with Crippen LogP contribution in [0.5, 0.6) is 0 Å². The molecule has 0 bridgehead atoms. The second kappa shape index (κ2) is 11.7. The Morgan fingerprint density at radius 1 is 1.25 bits per heavy atom. The summed E-state index contributed by atoms with van der Waals surface area (Å²) in [5.41, 5.74) is 0.0373. The fourth-order valence-electron chi connectivity index (χ4n) is 3.23. The summed E-state index contributed by atoms with van der Waals surface area (Å²) in [6.45, 7) is 4.02. The monoisotopic (exact) mass is 407 g/mol. The Balaban J connectivity index is 1.75. The first kappa shape index (κ1) is 22.2. The van der Waals surface area contributed by atoms with E-state index >= 15 is 0 Å². The smallest absolute Gasteiger partial charge is 0.269 e. The summed E-state index contributed by atoms with van der Waals surface area (Å²) >= 11 is 1.36. The zero-order valence-corrected chi connectivity index (χ0v) is 17.2. The summed E-state index contributed by atoms with van der Waals surface area (Å²) < 4.78 is 0. The maximum atomic E-state index is 12.5. The molecular weight excluding hydrogens is 378 g/mol. The number of amides is 2. The molecule has 1 aliphatic heterocycles. The van der Waals surface area contributed by atoms with Crippen molar-refractivity contribution in [3.05, 3.63) is 34.4 Å². The van der Waals surface area contributed by atoms with Crippen LogP contribution < -0.4 is 5.32 Å². The van der Waals surface area contributed by atoms with Crippen molar-refractivity contribution in [2.75, 3.05) is 25.4 Å². The summed E-state index contributed by atoms with van der Waals surface area (Å²) in [5.74, 6) is 0.192. The standard InChI is InChI=1S/C20H29N3O4S/c1-2-3-4-5-12-21-20(25)16-7-6-13-22(14-16)19(24)15-28-18-10-8-17(9-11-18)23(26)27/h8-11,16H,2-7,12-15H2,1H3,(H,21,25). The Morgan fingerprint density at radius 3 is 2.68 bits per heavy atom. The van der Waals surface area contributed by atoms with Gasteiger partial charge in [0.1, 0.15) is 0 Å². The van der Waals surface area contributed by atoms with Gasteiger partial charge in [-0.25, -0.2) is 0 Å². The van der Waals surface area contributed by atoms with Crippen LogP contribution in [0, 0.1) is 16.0 Å². The molecule has 2 amide bonds. The minimum atomic E-state index is -0.442. The molecule has 0 spiro atoms. The number of likely N-dealkylation sites (tertiary alicyclic amines) is 1. The lowest BCUT2D eigenvalue weighted by atomic mass is 9.97. The molecular formula is C20H29N3O4S. The van der Waals surface area contributed by atoms with Crippen molar-refractivity contribution < 1.29 is 14.5 Å². The van der Waals surface area contributed by atoms with Crippen molar-refractivity contribution in [1.29, 1.82) is 0 Å². The third-order valence-electron chi connectivity index (χ3n) is 4.88. The molecule has 1 unspecified atom stereocenters. The predicted octanol–water partition coefficient (Wildman–Crippen LogP) is 3.62. The van der Waals surface area contributed by atoms with Crippen molar-refractivity contribution in [2.24, 2.45) is 5.92 Å². The van der Waals surface area contributed by atoms with Gasteiger partial charge in [-0.3, -0.25) is 19.7 Å². The van der Waals surface area contributed by atoms with E-state index < -0.39 is 4.92 Å². The van der Waals surface area contributed by atoms with Crippen LogP contribution in [0.25, 0.3) is 0 Å². The number of non-ortho nitro benzene ring substituents is 1. The Bertz CT molecular complexity index is 666. The molecule has 1 aromatic carbocycles. The van der Waals surface area contributed by atoms with Gasteiger partial charge in [-0.1, -0.05) is 26.2 Å². The zero-order chi connectivity index (χ0) is 20.4. The van der Waals surface area contributed by atoms with E-state index in [1.807, 2.05) is 0 Å². The van der Waals surface area contributed by atoms with E-state index in [-0.39, 0.29) is 29.2 Å². The van der Waals surface area contributed by atoms with Crippen LogP contribution >= 0.6 is 11.8 Å². The number of hydrogen-bond acceptors (Lipinski definition) is 5. The summed E-state index contributed by atoms with van der Waals surface area (Å²) in [7, 11) is 0. The first-order chi connectivity index (χ1) is 13.5. The molecule has 0 radical (unpaired) electrons. The van der Waals surface area contributed by atoms with Gasteiger partial charge in [-0.15, -0.1) is 11.8 Å². The molecule has 7 nitrogen and oxygen atoms in total. The van der Waals surface area contributed by atoms with Crippen molar-refractivity contribution in [3.63, 3.8) is 0 Å². The van der Waals surface area contributed by atoms with Crippen LogP contribution in [0.3, 0.4) is 0 Å². The van der Waals surface area contributed by atoms with E-state index in [4.69, 9.17) is 0 Å². The highest BCUT2D eigenvalue weighted by Gasteiger charge is 2.28. The molecule has 0 aliphatic carbocycles. The second-order valence-corrected chi connectivity index (χ2v) is 8.12. The second-order valence-electron chi connectivity index (χ2n) is 7.07. The van der Waals surface area contributed by atoms with Crippen molar-refractivity contribution in [2.45, 2.75) is 50.3 Å². The fourth-order valence-corrected chi connectivity index (χ4v) is 4.03. The third-order valence-corrected chi connectivity index (χ3v) is 5.88. The lowest BCUT2D eigenvalue weighted by Gasteiger charge is -2.32. The van der Waals surface area contributed by atoms with Gasteiger partial charge in [-0.2, -0.15) is 0 Å². The molecule has 8 heteroatoms. The van der Waals surface area contributed by atoms with Crippen LogP contribution in [-0.2, 0) is 9.59 Å². The normalized spacial score (nSPS) is 16.6. The number of thioether (sulfide) groups is 1. The van der Waals surface area contributed by atoms with Crippen LogP contribution in [0.2, 0.25) is 0 Å². The maximum absolute atomic E-state index is 12.5. The molecule has 1 saturated heterocycles. The van der Waals surface area contributed by atoms with E-state index in [0.717, 1.165) is 30.6 Å². The molecule has 0 saturated carbocycles. The average molecular weight is 408 g/mol. The lowest BCUT2D eigenvalue weighted by Crippen LogP contribution is -2.46. The molecule has 2 rings (SSSR count). The van der Waals surface area contributed by atoms with Gasteiger partial charge in [0.25, 0.3) is 5.69 Å². The van der Waals surface area contributed by atoms with E-state index in [9.17, 15) is 19.7 Å². The largest absolute Gasteiger partial charge is 0.356 e. The molecule has 1 heterocycles. The van der Waals surface area contributed by atoms with Gasteiger partial charge in [0.15, 0.2) is 0 Å². The number of carbonyl (C=O) groups excluding carboxylic acids is 2. The molecule has 1 aliphatic rings. The summed E-state index contributed by atoms with van der Waals surface area (Å²) in [6, 6.07) is 6.19.